The first-order valence-corrected chi connectivity index (χ1v) is 4.74. The minimum absolute atomic E-state index is 0.147. The number of anilines is 1. The van der Waals surface area contributed by atoms with Crippen LogP contribution in [-0.2, 0) is 11.2 Å². The van der Waals surface area contributed by atoms with E-state index in [2.05, 4.69) is 0 Å². The van der Waals surface area contributed by atoms with Gasteiger partial charge in [-0.2, -0.15) is 0 Å². The summed E-state index contributed by atoms with van der Waals surface area (Å²) in [6.45, 7) is 2.60. The number of amides is 1. The molecule has 0 aromatic heterocycles. The molecule has 74 valence electrons. The van der Waals surface area contributed by atoms with Crippen molar-refractivity contribution in [1.29, 1.82) is 0 Å². The molecule has 0 radical (unpaired) electrons. The van der Waals surface area contributed by atoms with E-state index in [1.165, 1.54) is 0 Å². The molecule has 0 unspecified atom stereocenters. The molecule has 0 aliphatic carbocycles. The van der Waals surface area contributed by atoms with E-state index in [1.807, 2.05) is 25.1 Å². The van der Waals surface area contributed by atoms with Crippen molar-refractivity contribution >= 4 is 11.6 Å². The minimum atomic E-state index is 0.147. The second-order valence-electron chi connectivity index (χ2n) is 3.35. The monoisotopic (exact) mass is 191 g/mol. The van der Waals surface area contributed by atoms with Gasteiger partial charge in [0.2, 0.25) is 5.91 Å². The number of carbonyl (C=O) groups excluding carboxylic acids is 1. The molecule has 0 atom stereocenters. The molecule has 0 N–H and O–H groups in total. The third-order valence-electron chi connectivity index (χ3n) is 2.44. The zero-order valence-electron chi connectivity index (χ0n) is 8.41. The fourth-order valence-corrected chi connectivity index (χ4v) is 1.70. The van der Waals surface area contributed by atoms with Gasteiger partial charge in [0.05, 0.1) is 13.0 Å². The maximum Gasteiger partial charge on any atom is 0.231 e. The van der Waals surface area contributed by atoms with Gasteiger partial charge >= 0.3 is 0 Å². The summed E-state index contributed by atoms with van der Waals surface area (Å²) in [6, 6.07) is 5.78. The van der Waals surface area contributed by atoms with Crippen LogP contribution in [-0.4, -0.2) is 19.6 Å². The van der Waals surface area contributed by atoms with Crippen LogP contribution in [0.1, 0.15) is 12.5 Å². The maximum absolute atomic E-state index is 11.4. The molecule has 1 aliphatic heterocycles. The van der Waals surface area contributed by atoms with Crippen molar-refractivity contribution < 1.29 is 9.53 Å². The Morgan fingerprint density at radius 3 is 3.00 bits per heavy atom. The van der Waals surface area contributed by atoms with Crippen molar-refractivity contribution in [2.75, 3.05) is 18.6 Å². The van der Waals surface area contributed by atoms with Gasteiger partial charge in [-0.3, -0.25) is 4.79 Å². The lowest BCUT2D eigenvalue weighted by Crippen LogP contribution is -2.20. The zero-order valence-corrected chi connectivity index (χ0v) is 8.41. The summed E-state index contributed by atoms with van der Waals surface area (Å²) < 4.78 is 5.37. The lowest BCUT2D eigenvalue weighted by molar-refractivity contribution is -0.117. The average Bonchev–Trinajstić information content (AvgIpc) is 2.43. The molecule has 3 heteroatoms. The number of likely N-dealkylation sites (N-methyl/N-ethyl adjacent to an activating group) is 1. The van der Waals surface area contributed by atoms with Crippen LogP contribution < -0.4 is 9.64 Å². The van der Waals surface area contributed by atoms with E-state index in [9.17, 15) is 4.79 Å². The number of benzene rings is 1. The molecule has 0 bridgehead atoms. The van der Waals surface area contributed by atoms with Crippen molar-refractivity contribution in [1.82, 2.24) is 0 Å². The average molecular weight is 191 g/mol. The zero-order chi connectivity index (χ0) is 10.1. The van der Waals surface area contributed by atoms with Crippen LogP contribution >= 0.6 is 0 Å². The molecule has 1 amide bonds. The number of fused-ring (bicyclic) bond motifs is 1. The van der Waals surface area contributed by atoms with Gasteiger partial charge in [-0.25, -0.2) is 0 Å². The number of rotatable bonds is 2. The summed E-state index contributed by atoms with van der Waals surface area (Å²) in [6.07, 6.45) is 0.493. The van der Waals surface area contributed by atoms with E-state index in [-0.39, 0.29) is 5.91 Å². The fraction of sp³-hybridized carbons (Fsp3) is 0.364. The highest BCUT2D eigenvalue weighted by Crippen LogP contribution is 2.30. The Labute approximate surface area is 83.3 Å². The largest absolute Gasteiger partial charge is 0.494 e. The number of nitrogens with zero attached hydrogens (tertiary/aromatic N) is 1. The maximum atomic E-state index is 11.4. The Bertz CT molecular complexity index is 374. The van der Waals surface area contributed by atoms with Crippen LogP contribution in [0.2, 0.25) is 0 Å². The first kappa shape index (κ1) is 9.06. The van der Waals surface area contributed by atoms with E-state index < -0.39 is 0 Å². The highest BCUT2D eigenvalue weighted by atomic mass is 16.5. The van der Waals surface area contributed by atoms with E-state index in [0.29, 0.717) is 13.0 Å². The minimum Gasteiger partial charge on any atom is -0.494 e. The summed E-state index contributed by atoms with van der Waals surface area (Å²) in [4.78, 5) is 13.1. The van der Waals surface area contributed by atoms with Crippen molar-refractivity contribution in [3.8, 4) is 5.75 Å². The molecular formula is C11H13NO2. The van der Waals surface area contributed by atoms with Crippen LogP contribution in [0.3, 0.4) is 0 Å². The lowest BCUT2D eigenvalue weighted by Gasteiger charge is -2.10. The summed E-state index contributed by atoms with van der Waals surface area (Å²) in [5.41, 5.74) is 2.06. The second kappa shape index (κ2) is 3.33. The molecule has 0 fully saturated rings. The SMILES string of the molecule is CCOc1ccc2c(c1)CC(=O)N2C. The molecule has 0 spiro atoms. The van der Waals surface area contributed by atoms with Gasteiger partial charge in [0.1, 0.15) is 5.75 Å². The lowest BCUT2D eigenvalue weighted by atomic mass is 10.1. The van der Waals surface area contributed by atoms with Gasteiger partial charge < -0.3 is 9.64 Å². The topological polar surface area (TPSA) is 29.5 Å². The van der Waals surface area contributed by atoms with Gasteiger partial charge in [-0.15, -0.1) is 0 Å². The Hall–Kier alpha value is -1.51. The third-order valence-corrected chi connectivity index (χ3v) is 2.44. The van der Waals surface area contributed by atoms with Gasteiger partial charge in [-0.1, -0.05) is 0 Å². The van der Waals surface area contributed by atoms with Crippen LogP contribution in [0.25, 0.3) is 0 Å². The number of hydrogen-bond acceptors (Lipinski definition) is 2. The molecule has 3 nitrogen and oxygen atoms in total. The van der Waals surface area contributed by atoms with Crippen molar-refractivity contribution in [2.45, 2.75) is 13.3 Å². The molecule has 0 saturated carbocycles. The number of ether oxygens (including phenoxy) is 1. The highest BCUT2D eigenvalue weighted by Gasteiger charge is 2.23. The van der Waals surface area contributed by atoms with Gasteiger partial charge in [0, 0.05) is 12.7 Å². The smallest absolute Gasteiger partial charge is 0.231 e. The Morgan fingerprint density at radius 1 is 1.50 bits per heavy atom. The molecular weight excluding hydrogens is 178 g/mol. The Morgan fingerprint density at radius 2 is 2.29 bits per heavy atom. The van der Waals surface area contributed by atoms with Crippen LogP contribution in [0.4, 0.5) is 5.69 Å². The predicted molar refractivity (Wildman–Crippen MR) is 54.7 cm³/mol. The van der Waals surface area contributed by atoms with E-state index in [1.54, 1.807) is 11.9 Å². The van der Waals surface area contributed by atoms with Gasteiger partial charge in [-0.05, 0) is 30.7 Å². The molecule has 14 heavy (non-hydrogen) atoms. The Kier molecular flexibility index (Phi) is 2.15. The molecule has 1 aromatic carbocycles. The molecule has 1 aliphatic rings. The quantitative estimate of drug-likeness (QED) is 0.710. The second-order valence-corrected chi connectivity index (χ2v) is 3.35. The summed E-state index contributed by atoms with van der Waals surface area (Å²) >= 11 is 0. The molecule has 1 heterocycles. The normalized spacial score (nSPS) is 14.4. The van der Waals surface area contributed by atoms with E-state index in [0.717, 1.165) is 17.0 Å². The Balaban J connectivity index is 2.34. The van der Waals surface area contributed by atoms with E-state index in [4.69, 9.17) is 4.74 Å². The van der Waals surface area contributed by atoms with Gasteiger partial charge in [0.25, 0.3) is 0 Å². The van der Waals surface area contributed by atoms with Crippen LogP contribution in [0.15, 0.2) is 18.2 Å². The number of hydrogen-bond donors (Lipinski definition) is 0. The van der Waals surface area contributed by atoms with E-state index >= 15 is 0 Å². The van der Waals surface area contributed by atoms with Crippen LogP contribution in [0.5, 0.6) is 5.75 Å². The molecule has 2 rings (SSSR count). The highest BCUT2D eigenvalue weighted by molar-refractivity contribution is 6.01. The number of carbonyl (C=O) groups is 1. The van der Waals surface area contributed by atoms with Crippen molar-refractivity contribution in [3.63, 3.8) is 0 Å². The van der Waals surface area contributed by atoms with Gasteiger partial charge in [0.15, 0.2) is 0 Å². The van der Waals surface area contributed by atoms with Crippen molar-refractivity contribution in [2.24, 2.45) is 0 Å². The summed E-state index contributed by atoms with van der Waals surface area (Å²) in [7, 11) is 1.80. The van der Waals surface area contributed by atoms with Crippen LogP contribution in [0, 0.1) is 0 Å². The fourth-order valence-electron chi connectivity index (χ4n) is 1.70. The third kappa shape index (κ3) is 1.35. The van der Waals surface area contributed by atoms with Crippen molar-refractivity contribution in [3.05, 3.63) is 23.8 Å². The summed E-state index contributed by atoms with van der Waals surface area (Å²) in [5, 5.41) is 0. The molecule has 0 saturated heterocycles. The predicted octanol–water partition coefficient (Wildman–Crippen LogP) is 1.60. The first-order valence-electron chi connectivity index (χ1n) is 4.74. The standard InChI is InChI=1S/C11H13NO2/c1-3-14-9-4-5-10-8(6-9)7-11(13)12(10)2/h4-6H,3,7H2,1-2H3. The molecule has 1 aromatic rings. The summed E-state index contributed by atoms with van der Waals surface area (Å²) in [5.74, 6) is 0.989. The first-order chi connectivity index (χ1) is 6.72.